The summed E-state index contributed by atoms with van der Waals surface area (Å²) in [6.07, 6.45) is 3.74. The minimum absolute atomic E-state index is 0.0693. The van der Waals surface area contributed by atoms with Crippen LogP contribution in [0.25, 0.3) is 56.2 Å². The zero-order valence-electron chi connectivity index (χ0n) is 29.4. The molecular weight excluding hydrogens is 682 g/mol. The Morgan fingerprint density at radius 3 is 2.19 bits per heavy atom. The fourth-order valence-electron chi connectivity index (χ4n) is 7.90. The molecule has 0 bridgehead atoms. The number of ether oxygens (including phenoxy) is 1. The molecule has 53 heavy (non-hydrogen) atoms. The van der Waals surface area contributed by atoms with Gasteiger partial charge >= 0.3 is 12.6 Å². The van der Waals surface area contributed by atoms with Crippen LogP contribution in [-0.4, -0.2) is 62.4 Å². The lowest BCUT2D eigenvalue weighted by Crippen LogP contribution is -2.35. The predicted molar refractivity (Wildman–Crippen MR) is 196 cm³/mol. The summed E-state index contributed by atoms with van der Waals surface area (Å²) in [6.45, 7) is 2.27. The zero-order chi connectivity index (χ0) is 36.8. The zero-order valence-corrected chi connectivity index (χ0v) is 29.4. The van der Waals surface area contributed by atoms with Crippen LogP contribution in [0.4, 0.5) is 8.78 Å². The molecule has 12 heteroatoms. The minimum atomic E-state index is -3.06. The summed E-state index contributed by atoms with van der Waals surface area (Å²) in [6, 6.07) is 20.3. The Bertz CT molecular complexity index is 2320. The molecule has 1 saturated carbocycles. The van der Waals surface area contributed by atoms with Crippen molar-refractivity contribution in [1.82, 2.24) is 20.2 Å². The second-order valence-corrected chi connectivity index (χ2v) is 14.1. The second-order valence-electron chi connectivity index (χ2n) is 14.1. The SMILES string of the molecule is Cc1c(-c2nc3cc(CN[C@@H]4CCC[C@@H]4O)ccc3o2)cccc1-c1cccc(-c2nc3cc(CN4CCC[C@@H]4C(=O)O)c(OC(F)F)cc3o2)c1C. The maximum absolute atomic E-state index is 13.5. The molecule has 2 fully saturated rings. The summed E-state index contributed by atoms with van der Waals surface area (Å²) in [5.74, 6) is -0.165. The number of aliphatic hydroxyl groups is 1. The Balaban J connectivity index is 1.09. The fourth-order valence-corrected chi connectivity index (χ4v) is 7.90. The lowest BCUT2D eigenvalue weighted by Gasteiger charge is -2.22. The van der Waals surface area contributed by atoms with E-state index in [0.717, 1.165) is 63.7 Å². The summed E-state index contributed by atoms with van der Waals surface area (Å²) < 4.78 is 44.2. The van der Waals surface area contributed by atoms with Gasteiger partial charge in [-0.3, -0.25) is 9.69 Å². The normalized spacial score (nSPS) is 19.2. The average molecular weight is 723 g/mol. The first-order valence-electron chi connectivity index (χ1n) is 18.0. The monoisotopic (exact) mass is 722 g/mol. The molecular formula is C41H40F2N4O6. The summed E-state index contributed by atoms with van der Waals surface area (Å²) in [7, 11) is 0. The van der Waals surface area contributed by atoms with E-state index >= 15 is 0 Å². The Kier molecular flexibility index (Phi) is 9.44. The van der Waals surface area contributed by atoms with Crippen molar-refractivity contribution in [3.63, 3.8) is 0 Å². The van der Waals surface area contributed by atoms with Gasteiger partial charge in [0.1, 0.15) is 22.8 Å². The number of likely N-dealkylation sites (tertiary alicyclic amines) is 1. The van der Waals surface area contributed by atoms with Gasteiger partial charge < -0.3 is 29.1 Å². The molecule has 4 aromatic carbocycles. The molecule has 0 spiro atoms. The van der Waals surface area contributed by atoms with Crippen LogP contribution in [0, 0.1) is 13.8 Å². The molecule has 1 aliphatic heterocycles. The third-order valence-corrected chi connectivity index (χ3v) is 10.7. The van der Waals surface area contributed by atoms with Crippen molar-refractivity contribution < 1.29 is 37.4 Å². The van der Waals surface area contributed by atoms with Crippen LogP contribution in [0.1, 0.15) is 54.4 Å². The lowest BCUT2D eigenvalue weighted by molar-refractivity contribution is -0.142. The molecule has 3 N–H and O–H groups in total. The molecule has 8 rings (SSSR count). The molecule has 2 aromatic heterocycles. The van der Waals surface area contributed by atoms with Gasteiger partial charge in [0.05, 0.1) is 6.10 Å². The quantitative estimate of drug-likeness (QED) is 0.120. The van der Waals surface area contributed by atoms with E-state index in [1.54, 1.807) is 11.0 Å². The summed E-state index contributed by atoms with van der Waals surface area (Å²) >= 11 is 0. The van der Waals surface area contributed by atoms with E-state index in [0.29, 0.717) is 54.4 Å². The Hall–Kier alpha value is -5.17. The summed E-state index contributed by atoms with van der Waals surface area (Å²) in [5.41, 5.74) is 9.10. The summed E-state index contributed by atoms with van der Waals surface area (Å²) in [5, 5.41) is 23.3. The van der Waals surface area contributed by atoms with Crippen LogP contribution in [0.3, 0.4) is 0 Å². The van der Waals surface area contributed by atoms with Crippen molar-refractivity contribution in [3.05, 3.63) is 89.0 Å². The Morgan fingerprint density at radius 1 is 0.887 bits per heavy atom. The smallest absolute Gasteiger partial charge is 0.387 e. The number of carbonyl (C=O) groups is 1. The molecule has 0 radical (unpaired) electrons. The number of nitrogens with one attached hydrogen (secondary N) is 1. The van der Waals surface area contributed by atoms with Crippen molar-refractivity contribution in [2.24, 2.45) is 0 Å². The highest BCUT2D eigenvalue weighted by Gasteiger charge is 2.32. The highest BCUT2D eigenvalue weighted by molar-refractivity contribution is 5.85. The van der Waals surface area contributed by atoms with Gasteiger partial charge in [0.25, 0.3) is 0 Å². The highest BCUT2D eigenvalue weighted by atomic mass is 19.3. The molecule has 274 valence electrons. The number of benzene rings is 4. The maximum atomic E-state index is 13.5. The highest BCUT2D eigenvalue weighted by Crippen LogP contribution is 2.39. The van der Waals surface area contributed by atoms with Crippen LogP contribution < -0.4 is 10.1 Å². The number of carboxylic acids is 1. The maximum Gasteiger partial charge on any atom is 0.387 e. The third kappa shape index (κ3) is 6.90. The number of aromatic nitrogens is 2. The Morgan fingerprint density at radius 2 is 1.55 bits per heavy atom. The minimum Gasteiger partial charge on any atom is -0.480 e. The van der Waals surface area contributed by atoms with E-state index in [1.165, 1.54) is 6.07 Å². The van der Waals surface area contributed by atoms with Gasteiger partial charge in [-0.05, 0) is 111 Å². The van der Waals surface area contributed by atoms with E-state index < -0.39 is 18.6 Å². The van der Waals surface area contributed by atoms with Crippen LogP contribution >= 0.6 is 0 Å². The van der Waals surface area contributed by atoms with Gasteiger partial charge in [-0.2, -0.15) is 8.78 Å². The number of fused-ring (bicyclic) bond motifs is 2. The molecule has 6 aromatic rings. The van der Waals surface area contributed by atoms with Crippen LogP contribution in [0.5, 0.6) is 5.75 Å². The number of hydrogen-bond donors (Lipinski definition) is 3. The second kappa shape index (κ2) is 14.3. The topological polar surface area (TPSA) is 134 Å². The first-order valence-corrected chi connectivity index (χ1v) is 18.0. The van der Waals surface area contributed by atoms with Gasteiger partial charge in [-0.15, -0.1) is 0 Å². The van der Waals surface area contributed by atoms with Gasteiger partial charge in [0, 0.05) is 41.9 Å². The lowest BCUT2D eigenvalue weighted by atomic mass is 9.91. The van der Waals surface area contributed by atoms with E-state index in [2.05, 4.69) is 5.32 Å². The van der Waals surface area contributed by atoms with Gasteiger partial charge in [0.2, 0.25) is 11.8 Å². The number of halogens is 2. The number of alkyl halides is 2. The molecule has 3 atom stereocenters. The number of aliphatic hydroxyl groups excluding tert-OH is 1. The molecule has 0 unspecified atom stereocenters. The molecule has 2 aliphatic rings. The van der Waals surface area contributed by atoms with Crippen LogP contribution in [-0.2, 0) is 17.9 Å². The van der Waals surface area contributed by atoms with Crippen molar-refractivity contribution in [1.29, 1.82) is 0 Å². The predicted octanol–water partition coefficient (Wildman–Crippen LogP) is 8.24. The average Bonchev–Trinajstić information content (AvgIpc) is 3.94. The van der Waals surface area contributed by atoms with Crippen molar-refractivity contribution in [3.8, 4) is 39.8 Å². The van der Waals surface area contributed by atoms with E-state index in [4.69, 9.17) is 23.5 Å². The molecule has 10 nitrogen and oxygen atoms in total. The molecule has 0 amide bonds. The third-order valence-electron chi connectivity index (χ3n) is 10.7. The summed E-state index contributed by atoms with van der Waals surface area (Å²) in [4.78, 5) is 23.2. The number of oxazole rings is 2. The first kappa shape index (κ1) is 34.9. The number of aliphatic carboxylic acids is 1. The van der Waals surface area contributed by atoms with E-state index in [1.807, 2.05) is 68.4 Å². The van der Waals surface area contributed by atoms with Crippen molar-refractivity contribution in [2.45, 2.75) is 83.8 Å². The Labute approximate surface area is 304 Å². The van der Waals surface area contributed by atoms with Gasteiger partial charge in [0.15, 0.2) is 11.2 Å². The number of hydrogen-bond acceptors (Lipinski definition) is 9. The largest absolute Gasteiger partial charge is 0.480 e. The van der Waals surface area contributed by atoms with Crippen LogP contribution in [0.15, 0.2) is 75.6 Å². The van der Waals surface area contributed by atoms with Crippen molar-refractivity contribution >= 4 is 28.2 Å². The standard InChI is InChI=1S/C41H40F2N4O6/c1-22-26(7-3-9-28(22)38-45-31-17-24(14-15-35(31)51-38)20-44-30-11-5-13-34(30)48)27-8-4-10-29(23(27)2)39-46-32-18-25(21-47-16-6-12-33(47)40(49)50)36(53-41(42)43)19-37(32)52-39/h3-4,7-10,14-15,17-19,30,33-34,41,44,48H,5-6,11-13,16,20-21H2,1-2H3,(H,49,50)/t30-,33-,34+/m1/s1. The van der Waals surface area contributed by atoms with Crippen molar-refractivity contribution in [2.75, 3.05) is 6.54 Å². The van der Waals surface area contributed by atoms with Gasteiger partial charge in [-0.25, -0.2) is 9.97 Å². The number of carboxylic acid groups (broad SMARTS) is 1. The van der Waals surface area contributed by atoms with Crippen LogP contribution in [0.2, 0.25) is 0 Å². The van der Waals surface area contributed by atoms with E-state index in [9.17, 15) is 23.8 Å². The fraction of sp³-hybridized carbons (Fsp3) is 0.341. The molecule has 3 heterocycles. The molecule has 1 saturated heterocycles. The number of nitrogens with zero attached hydrogens (tertiary/aromatic N) is 3. The van der Waals surface area contributed by atoms with Gasteiger partial charge in [-0.1, -0.05) is 30.3 Å². The molecule has 1 aliphatic carbocycles. The number of rotatable bonds is 11. The first-order chi connectivity index (χ1) is 25.6. The van der Waals surface area contributed by atoms with E-state index in [-0.39, 0.29) is 30.0 Å².